The van der Waals surface area contributed by atoms with Gasteiger partial charge in [0.25, 0.3) is 0 Å². The minimum atomic E-state index is -0.468. The van der Waals surface area contributed by atoms with Crippen molar-refractivity contribution < 1.29 is 14.3 Å². The van der Waals surface area contributed by atoms with Crippen LogP contribution in [0.2, 0.25) is 0 Å². The summed E-state index contributed by atoms with van der Waals surface area (Å²) in [7, 11) is 1.64. The first-order valence-electron chi connectivity index (χ1n) is 8.48. The number of halogens is 1. The van der Waals surface area contributed by atoms with E-state index in [2.05, 4.69) is 10.6 Å². The monoisotopic (exact) mass is 367 g/mol. The molecule has 1 aromatic carbocycles. The quantitative estimate of drug-likeness (QED) is 0.853. The molecule has 138 valence electrons. The fourth-order valence-corrected chi connectivity index (χ4v) is 3.69. The average Bonchev–Trinajstić information content (AvgIpc) is 2.99. The van der Waals surface area contributed by atoms with E-state index in [1.54, 1.807) is 18.9 Å². The summed E-state index contributed by atoms with van der Waals surface area (Å²) in [5, 5.41) is 6.35. The van der Waals surface area contributed by atoms with E-state index in [4.69, 9.17) is 4.74 Å². The molecule has 0 aliphatic carbocycles. The standard InChI is InChI=1S/C18H25N3O3.ClH/c1-13(22)21-10-5-14-11-15(3-4-16(14)21)20-17(23)18(12-24-2)6-8-19-9-7-18;/h3-4,11,19H,5-10,12H2,1-2H3,(H,20,23);1H. The van der Waals surface area contributed by atoms with Crippen LogP contribution in [-0.4, -0.2) is 45.2 Å². The van der Waals surface area contributed by atoms with Crippen molar-refractivity contribution in [1.82, 2.24) is 5.32 Å². The van der Waals surface area contributed by atoms with Crippen molar-refractivity contribution in [2.24, 2.45) is 5.41 Å². The number of piperidine rings is 1. The van der Waals surface area contributed by atoms with Gasteiger partial charge in [0.1, 0.15) is 0 Å². The largest absolute Gasteiger partial charge is 0.384 e. The number of hydrogen-bond donors (Lipinski definition) is 2. The fourth-order valence-electron chi connectivity index (χ4n) is 3.69. The molecule has 1 saturated heterocycles. The van der Waals surface area contributed by atoms with Crippen LogP contribution in [0.1, 0.15) is 25.3 Å². The van der Waals surface area contributed by atoms with E-state index in [9.17, 15) is 9.59 Å². The number of nitrogens with zero attached hydrogens (tertiary/aromatic N) is 1. The van der Waals surface area contributed by atoms with Gasteiger partial charge in [0, 0.05) is 32.0 Å². The van der Waals surface area contributed by atoms with Crippen molar-refractivity contribution in [3.63, 3.8) is 0 Å². The Kier molecular flexibility index (Phi) is 6.43. The number of fused-ring (bicyclic) bond motifs is 1. The molecule has 7 heteroatoms. The molecule has 6 nitrogen and oxygen atoms in total. The zero-order valence-corrected chi connectivity index (χ0v) is 15.6. The fraction of sp³-hybridized carbons (Fsp3) is 0.556. The Morgan fingerprint density at radius 2 is 2.04 bits per heavy atom. The molecule has 2 aliphatic heterocycles. The van der Waals surface area contributed by atoms with Crippen LogP contribution in [0.25, 0.3) is 0 Å². The van der Waals surface area contributed by atoms with E-state index in [1.165, 1.54) is 0 Å². The van der Waals surface area contributed by atoms with Crippen LogP contribution in [0.3, 0.4) is 0 Å². The summed E-state index contributed by atoms with van der Waals surface area (Å²) in [6.07, 6.45) is 2.37. The molecule has 0 aromatic heterocycles. The lowest BCUT2D eigenvalue weighted by atomic mass is 9.78. The van der Waals surface area contributed by atoms with Crippen molar-refractivity contribution in [1.29, 1.82) is 0 Å². The molecule has 1 aromatic rings. The lowest BCUT2D eigenvalue weighted by molar-refractivity contribution is -0.130. The van der Waals surface area contributed by atoms with E-state index >= 15 is 0 Å². The minimum absolute atomic E-state index is 0. The second-order valence-electron chi connectivity index (χ2n) is 6.68. The van der Waals surface area contributed by atoms with Crippen LogP contribution in [0.15, 0.2) is 18.2 Å². The summed E-state index contributed by atoms with van der Waals surface area (Å²) in [6, 6.07) is 5.78. The summed E-state index contributed by atoms with van der Waals surface area (Å²) in [5.41, 5.74) is 2.38. The number of amides is 2. The molecule has 3 rings (SSSR count). The summed E-state index contributed by atoms with van der Waals surface area (Å²) in [4.78, 5) is 26.3. The number of nitrogens with one attached hydrogen (secondary N) is 2. The average molecular weight is 368 g/mol. The molecule has 2 aliphatic rings. The number of methoxy groups -OCH3 is 1. The van der Waals surface area contributed by atoms with E-state index in [1.807, 2.05) is 18.2 Å². The molecule has 0 spiro atoms. The highest BCUT2D eigenvalue weighted by Gasteiger charge is 2.39. The molecule has 0 unspecified atom stereocenters. The number of carbonyl (C=O) groups excluding carboxylic acids is 2. The van der Waals surface area contributed by atoms with E-state index in [0.29, 0.717) is 13.2 Å². The number of ether oxygens (including phenoxy) is 1. The van der Waals surface area contributed by atoms with Crippen molar-refractivity contribution in [3.8, 4) is 0 Å². The third kappa shape index (κ3) is 3.97. The van der Waals surface area contributed by atoms with Crippen LogP contribution in [-0.2, 0) is 20.7 Å². The Balaban J connectivity index is 0.00000225. The highest BCUT2D eigenvalue weighted by molar-refractivity contribution is 5.97. The van der Waals surface area contributed by atoms with Gasteiger partial charge in [-0.2, -0.15) is 0 Å². The number of benzene rings is 1. The Hall–Kier alpha value is -1.63. The van der Waals surface area contributed by atoms with Gasteiger partial charge >= 0.3 is 0 Å². The van der Waals surface area contributed by atoms with Crippen LogP contribution in [0.4, 0.5) is 11.4 Å². The Morgan fingerprint density at radius 1 is 1.32 bits per heavy atom. The van der Waals surface area contributed by atoms with E-state index < -0.39 is 5.41 Å². The summed E-state index contributed by atoms with van der Waals surface area (Å²) in [6.45, 7) is 4.38. The zero-order chi connectivity index (χ0) is 17.2. The van der Waals surface area contributed by atoms with Gasteiger partial charge in [-0.3, -0.25) is 9.59 Å². The first-order chi connectivity index (χ1) is 11.6. The molecule has 2 heterocycles. The summed E-state index contributed by atoms with van der Waals surface area (Å²) >= 11 is 0. The topological polar surface area (TPSA) is 70.7 Å². The highest BCUT2D eigenvalue weighted by Crippen LogP contribution is 2.33. The predicted molar refractivity (Wildman–Crippen MR) is 100 cm³/mol. The van der Waals surface area contributed by atoms with Gasteiger partial charge in [0.05, 0.1) is 12.0 Å². The number of carbonyl (C=O) groups is 2. The summed E-state index contributed by atoms with van der Waals surface area (Å²) < 4.78 is 5.33. The minimum Gasteiger partial charge on any atom is -0.384 e. The second-order valence-corrected chi connectivity index (χ2v) is 6.68. The van der Waals surface area contributed by atoms with Crippen LogP contribution in [0.5, 0.6) is 0 Å². The number of hydrogen-bond acceptors (Lipinski definition) is 4. The zero-order valence-electron chi connectivity index (χ0n) is 14.8. The van der Waals surface area contributed by atoms with Crippen molar-refractivity contribution >= 4 is 35.6 Å². The van der Waals surface area contributed by atoms with Crippen LogP contribution in [0, 0.1) is 5.41 Å². The van der Waals surface area contributed by atoms with Gasteiger partial charge in [0.15, 0.2) is 0 Å². The molecular weight excluding hydrogens is 342 g/mol. The molecule has 1 fully saturated rings. The Morgan fingerprint density at radius 3 is 2.68 bits per heavy atom. The maximum Gasteiger partial charge on any atom is 0.233 e. The predicted octanol–water partition coefficient (Wildman–Crippen LogP) is 1.97. The van der Waals surface area contributed by atoms with Crippen molar-refractivity contribution in [2.75, 3.05) is 43.6 Å². The van der Waals surface area contributed by atoms with Gasteiger partial charge in [-0.1, -0.05) is 0 Å². The van der Waals surface area contributed by atoms with Gasteiger partial charge in [-0.25, -0.2) is 0 Å². The third-order valence-corrected chi connectivity index (χ3v) is 5.08. The van der Waals surface area contributed by atoms with Gasteiger partial charge in [0.2, 0.25) is 11.8 Å². The molecule has 0 radical (unpaired) electrons. The number of anilines is 2. The Bertz CT molecular complexity index is 639. The second kappa shape index (κ2) is 8.17. The lowest BCUT2D eigenvalue weighted by Gasteiger charge is -2.35. The molecule has 2 amide bonds. The summed E-state index contributed by atoms with van der Waals surface area (Å²) in [5.74, 6) is 0.0755. The molecule has 0 bridgehead atoms. The van der Waals surface area contributed by atoms with E-state index in [0.717, 1.165) is 49.3 Å². The van der Waals surface area contributed by atoms with Crippen LogP contribution < -0.4 is 15.5 Å². The smallest absolute Gasteiger partial charge is 0.233 e. The van der Waals surface area contributed by atoms with Crippen molar-refractivity contribution in [3.05, 3.63) is 23.8 Å². The first kappa shape index (κ1) is 19.7. The van der Waals surface area contributed by atoms with Gasteiger partial charge in [-0.05, 0) is 56.1 Å². The highest BCUT2D eigenvalue weighted by atomic mass is 35.5. The molecular formula is C18H26ClN3O3. The first-order valence-corrected chi connectivity index (χ1v) is 8.48. The SMILES string of the molecule is COCC1(C(=O)Nc2ccc3c(c2)CCN3C(C)=O)CCNCC1.Cl. The Labute approximate surface area is 154 Å². The maximum atomic E-state index is 12.9. The lowest BCUT2D eigenvalue weighted by Crippen LogP contribution is -2.47. The maximum absolute atomic E-state index is 12.9. The van der Waals surface area contributed by atoms with Crippen molar-refractivity contribution in [2.45, 2.75) is 26.2 Å². The van der Waals surface area contributed by atoms with Gasteiger partial charge in [-0.15, -0.1) is 12.4 Å². The molecule has 25 heavy (non-hydrogen) atoms. The normalized spacial score (nSPS) is 18.2. The molecule has 2 N–H and O–H groups in total. The third-order valence-electron chi connectivity index (χ3n) is 5.08. The number of rotatable bonds is 4. The van der Waals surface area contributed by atoms with E-state index in [-0.39, 0.29) is 24.2 Å². The van der Waals surface area contributed by atoms with Crippen LogP contribution >= 0.6 is 12.4 Å². The molecule has 0 atom stereocenters. The van der Waals surface area contributed by atoms with Gasteiger partial charge < -0.3 is 20.3 Å². The molecule has 0 saturated carbocycles.